The van der Waals surface area contributed by atoms with Crippen LogP contribution in [0.25, 0.3) is 0 Å². The summed E-state index contributed by atoms with van der Waals surface area (Å²) in [5.41, 5.74) is -0.429. The van der Waals surface area contributed by atoms with Crippen LogP contribution < -0.4 is 0 Å². The fourth-order valence-electron chi connectivity index (χ4n) is 5.99. The lowest BCUT2D eigenvalue weighted by molar-refractivity contribution is -0.288. The van der Waals surface area contributed by atoms with Gasteiger partial charge in [0.2, 0.25) is 0 Å². The van der Waals surface area contributed by atoms with Gasteiger partial charge in [-0.1, -0.05) is 297 Å². The smallest absolute Gasteiger partial charge is 0.171 e. The molecule has 0 aliphatic carbocycles. The lowest BCUT2D eigenvalue weighted by Crippen LogP contribution is -2.37. The number of halogens is 27. The first-order valence-electron chi connectivity index (χ1n) is 35.6. The van der Waals surface area contributed by atoms with Crippen LogP contribution in [0, 0.1) is 75.4 Å². The van der Waals surface area contributed by atoms with Crippen LogP contribution in [0.15, 0.2) is 0 Å². The summed E-state index contributed by atoms with van der Waals surface area (Å²) in [6, 6.07) is 0. The van der Waals surface area contributed by atoms with Crippen LogP contribution in [-0.2, 0) is 0 Å². The van der Waals surface area contributed by atoms with Gasteiger partial charge in [0.25, 0.3) is 0 Å². The SMILES string of the molecule is CC(C)C(C)C.CC(C)CC(C(F)(F)F)C(F)(F)F.CCC(C)(C)C.CCC(C)(C)C.CCC(C)CC.CCCC(C)(C)C(F)(F)F.CCCCC(C(F)(F)F)C(F)(F)F.CCCCCCC(F)(F)F.CCCC[C@H](C)C(F)(F)F.CCC[C@H](C)CC(F)(F)F.CC[C@H](C)C(C)C(F)(F)F. The molecule has 4 atom stereocenters. The zero-order valence-corrected chi connectivity index (χ0v) is 66.5. The number of hydrogen-bond acceptors (Lipinski definition) is 0. The average molecular weight is 1530 g/mol. The first-order chi connectivity index (χ1) is 44.0. The molecule has 100 heavy (non-hydrogen) atoms. The highest BCUT2D eigenvalue weighted by Crippen LogP contribution is 2.44. The number of rotatable bonds is 22. The van der Waals surface area contributed by atoms with Crippen LogP contribution in [0.4, 0.5) is 119 Å². The molecule has 0 saturated heterocycles. The van der Waals surface area contributed by atoms with Crippen molar-refractivity contribution in [1.82, 2.24) is 0 Å². The van der Waals surface area contributed by atoms with Crippen molar-refractivity contribution >= 4 is 0 Å². The van der Waals surface area contributed by atoms with E-state index in [4.69, 9.17) is 0 Å². The summed E-state index contributed by atoms with van der Waals surface area (Å²) in [5, 5.41) is 0. The number of alkyl halides is 27. The quantitative estimate of drug-likeness (QED) is 0.0749. The van der Waals surface area contributed by atoms with Crippen molar-refractivity contribution in [1.29, 1.82) is 0 Å². The molecule has 0 heterocycles. The van der Waals surface area contributed by atoms with Gasteiger partial charge in [-0.15, -0.1) is 0 Å². The summed E-state index contributed by atoms with van der Waals surface area (Å²) in [4.78, 5) is 0. The summed E-state index contributed by atoms with van der Waals surface area (Å²) < 4.78 is 318. The maximum Gasteiger partial charge on any atom is 0.400 e. The predicted octanol–water partition coefficient (Wildman–Crippen LogP) is 34.2. The van der Waals surface area contributed by atoms with Gasteiger partial charge in [0.05, 0.1) is 17.3 Å². The van der Waals surface area contributed by atoms with Crippen LogP contribution in [0.3, 0.4) is 0 Å². The van der Waals surface area contributed by atoms with Gasteiger partial charge in [-0.2, -0.15) is 119 Å². The second kappa shape index (κ2) is 60.2. The molecule has 1 unspecified atom stereocenters. The lowest BCUT2D eigenvalue weighted by Gasteiger charge is -2.26. The third-order valence-corrected chi connectivity index (χ3v) is 15.9. The maximum atomic E-state index is 12.0. The molecular formula is C73H141F27. The highest BCUT2D eigenvalue weighted by molar-refractivity contribution is 4.78. The standard InChI is InChI=1S/2C7H10F6.5C7H13F3.4C6H14/c1-4(2)3-5(6(8,9)10)7(11,12)13;1-2-3-4-5(6(8,9)10)7(11,12)13;1-4-5-6(2,3)7(8,9)10;1-4-5(2)6(3)7(8,9)10;1-3-4-6(2)5-7(8,9)10;1-3-4-5-6(2)7(8,9)10;1-2-3-4-5-6-7(8,9)10;2*1-5-6(2,3)4;1-5(2)6(3)4;1-4-6(3)5-2/h4-5H,3H2,1-2H3;5H,2-4H2,1H3;4-5H2,1-3H3;5-6H,4H2,1-3H3;2*6H,3-5H2,1-2H3;2-6H2,1H3;2*5H2,1-4H3;5-6H,1-4H3;6H,4-5H2,1-3H3/t;;;5-,6?;2*6-;;;;;/m...000...../s1. The Morgan fingerprint density at radius 3 is 0.780 bits per heavy atom. The van der Waals surface area contributed by atoms with E-state index in [1.165, 1.54) is 67.2 Å². The Labute approximate surface area is 590 Å². The van der Waals surface area contributed by atoms with Gasteiger partial charge in [0, 0.05) is 12.8 Å². The zero-order chi connectivity index (χ0) is 83.3. The molecule has 0 fully saturated rings. The third-order valence-electron chi connectivity index (χ3n) is 15.9. The molecule has 0 spiro atoms. The van der Waals surface area contributed by atoms with Crippen molar-refractivity contribution in [2.24, 2.45) is 75.4 Å². The molecule has 0 radical (unpaired) electrons. The summed E-state index contributed by atoms with van der Waals surface area (Å²) in [6.07, 6.45) is -30.8. The maximum absolute atomic E-state index is 12.0. The van der Waals surface area contributed by atoms with Gasteiger partial charge in [-0.25, -0.2) is 0 Å². The van der Waals surface area contributed by atoms with Crippen LogP contribution in [0.1, 0.15) is 342 Å². The van der Waals surface area contributed by atoms with Crippen molar-refractivity contribution in [3.05, 3.63) is 0 Å². The molecule has 0 aromatic rings. The minimum absolute atomic E-state index is 0.0658. The summed E-state index contributed by atoms with van der Waals surface area (Å²) in [5.74, 6) is -7.14. The summed E-state index contributed by atoms with van der Waals surface area (Å²) in [6.45, 7) is 55.3. The van der Waals surface area contributed by atoms with Crippen molar-refractivity contribution in [3.63, 3.8) is 0 Å². The van der Waals surface area contributed by atoms with Gasteiger partial charge in [-0.05, 0) is 78.4 Å². The van der Waals surface area contributed by atoms with E-state index in [1.807, 2.05) is 20.8 Å². The Kier molecular flexibility index (Phi) is 73.4. The number of unbranched alkanes of at least 4 members (excludes halogenated alkanes) is 5. The Morgan fingerprint density at radius 1 is 0.290 bits per heavy atom. The highest BCUT2D eigenvalue weighted by Gasteiger charge is 2.57. The third kappa shape index (κ3) is 98.2. The Balaban J connectivity index is -0.0000000978. The molecule has 0 aliphatic rings. The largest absolute Gasteiger partial charge is 0.400 e. The molecule has 0 saturated carbocycles. The topological polar surface area (TPSA) is 0 Å². The van der Waals surface area contributed by atoms with Gasteiger partial charge < -0.3 is 0 Å². The van der Waals surface area contributed by atoms with Gasteiger partial charge in [0.1, 0.15) is 0 Å². The first-order valence-corrected chi connectivity index (χ1v) is 35.6. The minimum atomic E-state index is -5.19. The van der Waals surface area contributed by atoms with Crippen LogP contribution in [0.5, 0.6) is 0 Å². The van der Waals surface area contributed by atoms with E-state index in [1.54, 1.807) is 34.6 Å². The fourth-order valence-corrected chi connectivity index (χ4v) is 5.99. The highest BCUT2D eigenvalue weighted by atomic mass is 19.4. The summed E-state index contributed by atoms with van der Waals surface area (Å²) in [7, 11) is 0. The van der Waals surface area contributed by atoms with E-state index in [2.05, 4.69) is 104 Å². The molecule has 0 aliphatic heterocycles. The van der Waals surface area contributed by atoms with E-state index >= 15 is 0 Å². The molecule has 0 aromatic heterocycles. The van der Waals surface area contributed by atoms with Gasteiger partial charge in [-0.3, -0.25) is 0 Å². The molecule has 0 nitrogen and oxygen atoms in total. The zero-order valence-electron chi connectivity index (χ0n) is 66.5. The van der Waals surface area contributed by atoms with Crippen molar-refractivity contribution in [2.75, 3.05) is 0 Å². The normalized spacial score (nSPS) is 13.9. The second-order valence-corrected chi connectivity index (χ2v) is 29.9. The van der Waals surface area contributed by atoms with Gasteiger partial charge >= 0.3 is 55.6 Å². The first kappa shape index (κ1) is 122. The molecule has 0 rings (SSSR count). The van der Waals surface area contributed by atoms with E-state index in [9.17, 15) is 119 Å². The predicted molar refractivity (Wildman–Crippen MR) is 363 cm³/mol. The molecule has 0 N–H and O–H groups in total. The Hall–Kier alpha value is -1.89. The van der Waals surface area contributed by atoms with Gasteiger partial charge in [0.15, 0.2) is 11.8 Å². The molecule has 0 aromatic carbocycles. The Bertz CT molecular complexity index is 1640. The monoisotopic (exact) mass is 1530 g/mol. The fraction of sp³-hybridized carbons (Fsp3) is 1.00. The van der Waals surface area contributed by atoms with Crippen LogP contribution in [-0.4, -0.2) is 55.6 Å². The summed E-state index contributed by atoms with van der Waals surface area (Å²) >= 11 is 0. The minimum Gasteiger partial charge on any atom is -0.171 e. The molecule has 0 amide bonds. The van der Waals surface area contributed by atoms with Crippen molar-refractivity contribution in [2.45, 2.75) is 398 Å². The Morgan fingerprint density at radius 2 is 0.620 bits per heavy atom. The molecular weight excluding hydrogens is 1390 g/mol. The van der Waals surface area contributed by atoms with E-state index in [0.29, 0.717) is 49.4 Å². The van der Waals surface area contributed by atoms with E-state index < -0.39 is 116 Å². The average Bonchev–Trinajstić information content (AvgIpc) is 0.846. The van der Waals surface area contributed by atoms with E-state index in [0.717, 1.165) is 43.4 Å². The molecule has 27 heteroatoms. The van der Waals surface area contributed by atoms with Crippen LogP contribution in [0.2, 0.25) is 0 Å². The van der Waals surface area contributed by atoms with Crippen LogP contribution >= 0.6 is 0 Å². The van der Waals surface area contributed by atoms with E-state index in [-0.39, 0.29) is 37.5 Å². The van der Waals surface area contributed by atoms with Crippen molar-refractivity contribution < 1.29 is 119 Å². The number of hydrogen-bond donors (Lipinski definition) is 0. The second-order valence-electron chi connectivity index (χ2n) is 29.9. The molecule has 622 valence electrons. The van der Waals surface area contributed by atoms with Crippen molar-refractivity contribution in [3.8, 4) is 0 Å². The lowest BCUT2D eigenvalue weighted by atomic mass is 9.87. The molecule has 0 bridgehead atoms.